The Balaban J connectivity index is 2.00. The number of carbonyl (C=O) groups is 5. The van der Waals surface area contributed by atoms with E-state index in [1.165, 1.54) is 25.1 Å². The molecule has 7 N–H and O–H groups in total. The standard InChI is InChI=1S/C26H31N5O6/c1-4-5-6-12-7-8-14(32)15-13(12)9-24(29)10-26(30)20(31(2)3)19(34)16(23(28)37)21(35)25(26,11-27)22(36)17(24)18(15)33/h7-8,16-17,20,32H,4-6,9-10,29-30H2,1-3H3,(H2,28,37)/t16?,17?,20-,24-,25+,26-/m1/s1. The Morgan fingerprint density at radius 3 is 2.38 bits per heavy atom. The molecule has 1 aromatic carbocycles. The molecule has 0 bridgehead atoms. The fraction of sp³-hybridized carbons (Fsp3) is 0.538. The number of nitriles is 1. The van der Waals surface area contributed by atoms with Crippen molar-refractivity contribution < 1.29 is 29.1 Å². The summed E-state index contributed by atoms with van der Waals surface area (Å²) in [5.41, 5.74) is 13.6. The molecule has 1 amide bonds. The number of amides is 1. The molecule has 0 radical (unpaired) electrons. The van der Waals surface area contributed by atoms with Gasteiger partial charge in [-0.1, -0.05) is 19.4 Å². The summed E-state index contributed by atoms with van der Waals surface area (Å²) in [7, 11) is 2.93. The van der Waals surface area contributed by atoms with Crippen LogP contribution in [0.1, 0.15) is 47.7 Å². The van der Waals surface area contributed by atoms with Gasteiger partial charge in [0.25, 0.3) is 0 Å². The number of carbonyl (C=O) groups excluding carboxylic acids is 5. The van der Waals surface area contributed by atoms with Gasteiger partial charge < -0.3 is 22.3 Å². The van der Waals surface area contributed by atoms with Gasteiger partial charge in [-0.05, 0) is 57.0 Å². The van der Waals surface area contributed by atoms with Crippen LogP contribution in [0.15, 0.2) is 12.1 Å². The van der Waals surface area contributed by atoms with Crippen molar-refractivity contribution in [3.8, 4) is 11.8 Å². The zero-order valence-electron chi connectivity index (χ0n) is 21.0. The second-order valence-electron chi connectivity index (χ2n) is 10.8. The van der Waals surface area contributed by atoms with Crippen LogP contribution in [0.25, 0.3) is 0 Å². The molecular weight excluding hydrogens is 478 g/mol. The summed E-state index contributed by atoms with van der Waals surface area (Å²) < 4.78 is 0. The SMILES string of the molecule is CCCCc1ccc(O)c2c1C[C@@]1(N)C[C@@]3(N)[C@H](N(C)C)C(=O)C(C(N)=O)C(=O)[C@@]3(C#N)C(=O)C1C2=O. The number of likely N-dealkylation sites (N-methyl/N-ethyl adjacent to an activating group) is 1. The number of phenols is 1. The third kappa shape index (κ3) is 3.26. The molecular formula is C26H31N5O6. The van der Waals surface area contributed by atoms with Crippen LogP contribution < -0.4 is 17.2 Å². The molecule has 37 heavy (non-hydrogen) atoms. The van der Waals surface area contributed by atoms with Gasteiger partial charge >= 0.3 is 0 Å². The first kappa shape index (κ1) is 26.6. The second kappa shape index (κ2) is 8.55. The van der Waals surface area contributed by atoms with Gasteiger partial charge in [0, 0.05) is 5.54 Å². The van der Waals surface area contributed by atoms with E-state index in [0.717, 1.165) is 18.4 Å². The van der Waals surface area contributed by atoms with Crippen molar-refractivity contribution in [2.24, 2.45) is 34.5 Å². The third-order valence-corrected chi connectivity index (χ3v) is 8.37. The van der Waals surface area contributed by atoms with Crippen LogP contribution in [-0.4, -0.2) is 70.3 Å². The number of unbranched alkanes of at least 4 members (excludes halogenated alkanes) is 1. The molecule has 2 fully saturated rings. The number of Topliss-reactive ketones (excluding diaryl/α,β-unsaturated/α-hetero) is 4. The van der Waals surface area contributed by atoms with E-state index < -0.39 is 69.8 Å². The highest BCUT2D eigenvalue weighted by molar-refractivity contribution is 6.33. The Morgan fingerprint density at radius 2 is 1.84 bits per heavy atom. The van der Waals surface area contributed by atoms with Crippen LogP contribution in [0.4, 0.5) is 0 Å². The number of nitrogens with zero attached hydrogens (tertiary/aromatic N) is 2. The lowest BCUT2D eigenvalue weighted by Crippen LogP contribution is -2.85. The van der Waals surface area contributed by atoms with Gasteiger partial charge in [-0.15, -0.1) is 0 Å². The number of aromatic hydroxyl groups is 1. The fourth-order valence-electron chi connectivity index (χ4n) is 6.87. The topological polar surface area (TPSA) is 211 Å². The molecule has 196 valence electrons. The summed E-state index contributed by atoms with van der Waals surface area (Å²) in [5, 5.41) is 21.0. The molecule has 0 spiro atoms. The van der Waals surface area contributed by atoms with Crippen molar-refractivity contribution in [2.75, 3.05) is 14.1 Å². The van der Waals surface area contributed by atoms with E-state index in [4.69, 9.17) is 17.2 Å². The van der Waals surface area contributed by atoms with Crippen molar-refractivity contribution in [2.45, 2.75) is 56.1 Å². The highest BCUT2D eigenvalue weighted by Gasteiger charge is 2.78. The molecule has 1 aromatic rings. The van der Waals surface area contributed by atoms with Crippen LogP contribution >= 0.6 is 0 Å². The molecule has 6 atom stereocenters. The van der Waals surface area contributed by atoms with Gasteiger partial charge in [0.15, 0.2) is 34.5 Å². The monoisotopic (exact) mass is 509 g/mol. The summed E-state index contributed by atoms with van der Waals surface area (Å²) in [5.74, 6) is -9.67. The maximum absolute atomic E-state index is 14.2. The molecule has 4 rings (SSSR count). The molecule has 3 aliphatic carbocycles. The number of aryl methyl sites for hydroxylation is 1. The minimum atomic E-state index is -2.73. The maximum Gasteiger partial charge on any atom is 0.235 e. The molecule has 3 aliphatic rings. The lowest BCUT2D eigenvalue weighted by molar-refractivity contribution is -0.166. The molecule has 11 heteroatoms. The van der Waals surface area contributed by atoms with E-state index in [9.17, 15) is 34.3 Å². The normalized spacial score (nSPS) is 35.0. The number of ketones is 4. The molecule has 11 nitrogen and oxygen atoms in total. The van der Waals surface area contributed by atoms with E-state index in [2.05, 4.69) is 0 Å². The number of nitrogens with two attached hydrogens (primary N) is 3. The predicted molar refractivity (Wildman–Crippen MR) is 130 cm³/mol. The Bertz CT molecular complexity index is 1300. The number of fused-ring (bicyclic) bond motifs is 3. The summed E-state index contributed by atoms with van der Waals surface area (Å²) in [6, 6.07) is 3.36. The van der Waals surface area contributed by atoms with Crippen molar-refractivity contribution in [1.82, 2.24) is 4.90 Å². The highest BCUT2D eigenvalue weighted by Crippen LogP contribution is 2.56. The minimum Gasteiger partial charge on any atom is -0.507 e. The van der Waals surface area contributed by atoms with Gasteiger partial charge in [0.1, 0.15) is 11.7 Å². The highest BCUT2D eigenvalue weighted by atomic mass is 16.3. The molecule has 2 saturated carbocycles. The van der Waals surface area contributed by atoms with Crippen molar-refractivity contribution in [1.29, 1.82) is 5.26 Å². The number of hydrogen-bond donors (Lipinski definition) is 4. The molecule has 0 aromatic heterocycles. The van der Waals surface area contributed by atoms with Crippen molar-refractivity contribution in [3.63, 3.8) is 0 Å². The van der Waals surface area contributed by atoms with Gasteiger partial charge in [-0.2, -0.15) is 5.26 Å². The lowest BCUT2D eigenvalue weighted by Gasteiger charge is -2.60. The van der Waals surface area contributed by atoms with Crippen LogP contribution in [0.5, 0.6) is 5.75 Å². The van der Waals surface area contributed by atoms with Crippen LogP contribution in [0.2, 0.25) is 0 Å². The van der Waals surface area contributed by atoms with E-state index in [1.807, 2.05) is 6.92 Å². The molecule has 2 unspecified atom stereocenters. The summed E-state index contributed by atoms with van der Waals surface area (Å²) in [6.07, 6.45) is 1.84. The Morgan fingerprint density at radius 1 is 1.19 bits per heavy atom. The van der Waals surface area contributed by atoms with E-state index >= 15 is 0 Å². The first-order valence-electron chi connectivity index (χ1n) is 12.2. The van der Waals surface area contributed by atoms with Crippen LogP contribution in [0.3, 0.4) is 0 Å². The number of rotatable bonds is 5. The summed E-state index contributed by atoms with van der Waals surface area (Å²) >= 11 is 0. The van der Waals surface area contributed by atoms with Gasteiger partial charge in [-0.3, -0.25) is 28.9 Å². The quantitative estimate of drug-likeness (QED) is 0.361. The van der Waals surface area contributed by atoms with E-state index in [0.29, 0.717) is 12.0 Å². The average Bonchev–Trinajstić information content (AvgIpc) is 2.77. The molecule has 0 saturated heterocycles. The second-order valence-corrected chi connectivity index (χ2v) is 10.8. The average molecular weight is 510 g/mol. The molecule has 0 heterocycles. The third-order valence-electron chi connectivity index (χ3n) is 8.37. The first-order chi connectivity index (χ1) is 17.2. The number of primary amides is 1. The van der Waals surface area contributed by atoms with Gasteiger partial charge in [0.2, 0.25) is 5.91 Å². The zero-order chi connectivity index (χ0) is 27.7. The van der Waals surface area contributed by atoms with Crippen LogP contribution in [-0.2, 0) is 32.0 Å². The Labute approximate surface area is 213 Å². The lowest BCUT2D eigenvalue weighted by atomic mass is 9.42. The number of phenolic OH excluding ortho intramolecular Hbond substituents is 1. The van der Waals surface area contributed by atoms with Crippen molar-refractivity contribution in [3.05, 3.63) is 28.8 Å². The van der Waals surface area contributed by atoms with Crippen LogP contribution in [0, 0.1) is 28.6 Å². The summed E-state index contributed by atoms with van der Waals surface area (Å²) in [6.45, 7) is 2.01. The minimum absolute atomic E-state index is 0.0415. The summed E-state index contributed by atoms with van der Waals surface area (Å²) in [4.78, 5) is 68.7. The van der Waals surface area contributed by atoms with Gasteiger partial charge in [-0.25, -0.2) is 0 Å². The zero-order valence-corrected chi connectivity index (χ0v) is 21.0. The maximum atomic E-state index is 14.2. The van der Waals surface area contributed by atoms with Gasteiger partial charge in [0.05, 0.1) is 23.2 Å². The predicted octanol–water partition coefficient (Wildman–Crippen LogP) is -0.849. The fourth-order valence-corrected chi connectivity index (χ4v) is 6.87. The van der Waals surface area contributed by atoms with E-state index in [-0.39, 0.29) is 17.7 Å². The number of benzene rings is 1. The Kier molecular flexibility index (Phi) is 6.14. The smallest absolute Gasteiger partial charge is 0.235 e. The van der Waals surface area contributed by atoms with E-state index in [1.54, 1.807) is 12.1 Å². The number of hydrogen-bond acceptors (Lipinski definition) is 10. The largest absolute Gasteiger partial charge is 0.507 e. The molecule has 0 aliphatic heterocycles. The van der Waals surface area contributed by atoms with Crippen molar-refractivity contribution >= 4 is 29.0 Å². The Hall–Kier alpha value is -3.46. The first-order valence-corrected chi connectivity index (χ1v) is 12.2.